The number of alkyl halides is 3. The number of hydrogen-bond acceptors (Lipinski definition) is 6. The molecule has 3 rings (SSSR count). The van der Waals surface area contributed by atoms with Crippen molar-refractivity contribution in [2.45, 2.75) is 38.6 Å². The van der Waals surface area contributed by atoms with E-state index < -0.39 is 47.3 Å². The van der Waals surface area contributed by atoms with Crippen molar-refractivity contribution in [2.24, 2.45) is 0 Å². The summed E-state index contributed by atoms with van der Waals surface area (Å²) < 4.78 is 44.6. The summed E-state index contributed by atoms with van der Waals surface area (Å²) in [5, 5.41) is 2.34. The van der Waals surface area contributed by atoms with Crippen LogP contribution in [-0.2, 0) is 20.5 Å². The fraction of sp³-hybridized carbons (Fsp3) is 0.273. The lowest BCUT2D eigenvalue weighted by Gasteiger charge is -2.24. The molecule has 1 N–H and O–H groups in total. The molecule has 2 aromatic carbocycles. The van der Waals surface area contributed by atoms with E-state index in [0.29, 0.717) is 6.07 Å². The molecule has 0 fully saturated rings. The summed E-state index contributed by atoms with van der Waals surface area (Å²) >= 11 is 0. The first-order valence-corrected chi connectivity index (χ1v) is 9.64. The largest absolute Gasteiger partial charge is 0.444 e. The number of ether oxygens (including phenoxy) is 1. The minimum absolute atomic E-state index is 0.00831. The van der Waals surface area contributed by atoms with Crippen molar-refractivity contribution in [3.63, 3.8) is 0 Å². The SMILES string of the molecule is CC(C)(C)OC(=O)NC(C(=O)ON1C(=O)c2ccccc2C1=O)c1cccc(C(F)(F)F)c1. The molecule has 1 aliphatic heterocycles. The van der Waals surface area contributed by atoms with Crippen LogP contribution in [0.1, 0.15) is 58.7 Å². The summed E-state index contributed by atoms with van der Waals surface area (Å²) in [4.78, 5) is 55.0. The third-order valence-corrected chi connectivity index (χ3v) is 4.38. The van der Waals surface area contributed by atoms with Gasteiger partial charge in [0.2, 0.25) is 0 Å². The Labute approximate surface area is 186 Å². The number of benzene rings is 2. The van der Waals surface area contributed by atoms with Crippen LogP contribution in [0.15, 0.2) is 48.5 Å². The summed E-state index contributed by atoms with van der Waals surface area (Å²) in [7, 11) is 0. The summed E-state index contributed by atoms with van der Waals surface area (Å²) in [5.41, 5.74) is -2.37. The van der Waals surface area contributed by atoms with E-state index >= 15 is 0 Å². The molecule has 3 amide bonds. The molecule has 1 heterocycles. The van der Waals surface area contributed by atoms with Gasteiger partial charge in [-0.2, -0.15) is 13.2 Å². The maximum Gasteiger partial charge on any atom is 0.416 e. The number of nitrogens with one attached hydrogen (secondary N) is 1. The van der Waals surface area contributed by atoms with Crippen LogP contribution in [-0.4, -0.2) is 34.5 Å². The zero-order valence-corrected chi connectivity index (χ0v) is 17.7. The van der Waals surface area contributed by atoms with Crippen LogP contribution in [0, 0.1) is 0 Å². The van der Waals surface area contributed by atoms with Crippen molar-refractivity contribution in [3.05, 3.63) is 70.8 Å². The van der Waals surface area contributed by atoms with E-state index in [1.54, 1.807) is 20.8 Å². The lowest BCUT2D eigenvalue weighted by atomic mass is 10.0. The number of halogens is 3. The number of amides is 3. The summed E-state index contributed by atoms with van der Waals surface area (Å²) in [6.45, 7) is 4.63. The van der Waals surface area contributed by atoms with Crippen LogP contribution in [0.5, 0.6) is 0 Å². The van der Waals surface area contributed by atoms with Gasteiger partial charge in [0.1, 0.15) is 5.60 Å². The number of carbonyl (C=O) groups excluding carboxylic acids is 4. The van der Waals surface area contributed by atoms with Gasteiger partial charge in [-0.3, -0.25) is 9.59 Å². The molecule has 0 saturated carbocycles. The molecule has 2 aromatic rings. The molecule has 0 saturated heterocycles. The minimum Gasteiger partial charge on any atom is -0.444 e. The van der Waals surface area contributed by atoms with Gasteiger partial charge in [-0.25, -0.2) is 9.59 Å². The van der Waals surface area contributed by atoms with Crippen LogP contribution in [0.2, 0.25) is 0 Å². The predicted octanol–water partition coefficient (Wildman–Crippen LogP) is 4.03. The zero-order valence-electron chi connectivity index (χ0n) is 17.7. The predicted molar refractivity (Wildman–Crippen MR) is 107 cm³/mol. The van der Waals surface area contributed by atoms with E-state index in [4.69, 9.17) is 9.57 Å². The monoisotopic (exact) mass is 464 g/mol. The standard InChI is InChI=1S/C22H19F3N2O6/c1-21(2,3)32-20(31)26-16(12-7-6-8-13(11-12)22(23,24)25)19(30)33-27-17(28)14-9-4-5-10-15(14)18(27)29/h4-11,16H,1-3H3,(H,26,31). The van der Waals surface area contributed by atoms with E-state index in [1.165, 1.54) is 24.3 Å². The highest BCUT2D eigenvalue weighted by Gasteiger charge is 2.41. The number of nitrogens with zero attached hydrogens (tertiary/aromatic N) is 1. The lowest BCUT2D eigenvalue weighted by Crippen LogP contribution is -2.42. The third kappa shape index (κ3) is 5.30. The number of hydroxylamine groups is 2. The van der Waals surface area contributed by atoms with Gasteiger partial charge in [-0.05, 0) is 50.6 Å². The van der Waals surface area contributed by atoms with Crippen molar-refractivity contribution in [2.75, 3.05) is 0 Å². The molecule has 0 aliphatic carbocycles. The van der Waals surface area contributed by atoms with E-state index in [1.807, 2.05) is 0 Å². The smallest absolute Gasteiger partial charge is 0.416 e. The molecule has 1 aliphatic rings. The van der Waals surface area contributed by atoms with Gasteiger partial charge in [0.25, 0.3) is 11.8 Å². The van der Waals surface area contributed by atoms with Crippen LogP contribution < -0.4 is 5.32 Å². The first kappa shape index (κ1) is 23.8. The third-order valence-electron chi connectivity index (χ3n) is 4.38. The number of imide groups is 1. The van der Waals surface area contributed by atoms with E-state index in [2.05, 4.69) is 5.32 Å². The van der Waals surface area contributed by atoms with Gasteiger partial charge in [-0.15, -0.1) is 0 Å². The van der Waals surface area contributed by atoms with Crippen molar-refractivity contribution in [3.8, 4) is 0 Å². The quantitative estimate of drug-likeness (QED) is 0.686. The van der Waals surface area contributed by atoms with Gasteiger partial charge in [-0.1, -0.05) is 29.3 Å². The Morgan fingerprint density at radius 3 is 2.03 bits per heavy atom. The van der Waals surface area contributed by atoms with Gasteiger partial charge < -0.3 is 14.9 Å². The summed E-state index contributed by atoms with van der Waals surface area (Å²) in [6, 6.07) is 7.52. The molecule has 0 bridgehead atoms. The number of hydrogen-bond donors (Lipinski definition) is 1. The second-order valence-electron chi connectivity index (χ2n) is 8.06. The van der Waals surface area contributed by atoms with E-state index in [9.17, 15) is 32.3 Å². The van der Waals surface area contributed by atoms with Crippen molar-refractivity contribution >= 4 is 23.9 Å². The van der Waals surface area contributed by atoms with Crippen molar-refractivity contribution in [1.82, 2.24) is 10.4 Å². The Bertz CT molecular complexity index is 1090. The Kier molecular flexibility index (Phi) is 6.17. The van der Waals surface area contributed by atoms with Crippen LogP contribution in [0.3, 0.4) is 0 Å². The topological polar surface area (TPSA) is 102 Å². The highest BCUT2D eigenvalue weighted by Crippen LogP contribution is 2.31. The average molecular weight is 464 g/mol. The zero-order chi connectivity index (χ0) is 24.6. The van der Waals surface area contributed by atoms with Crippen LogP contribution in [0.25, 0.3) is 0 Å². The summed E-state index contributed by atoms with van der Waals surface area (Å²) in [6.07, 6.45) is -5.84. The molecule has 8 nitrogen and oxygen atoms in total. The maximum atomic E-state index is 13.2. The fourth-order valence-electron chi connectivity index (χ4n) is 2.99. The molecular weight excluding hydrogens is 445 g/mol. The second-order valence-corrected chi connectivity index (χ2v) is 8.06. The van der Waals surface area contributed by atoms with Crippen LogP contribution in [0.4, 0.5) is 18.0 Å². The molecule has 174 valence electrons. The Morgan fingerprint density at radius 1 is 0.939 bits per heavy atom. The molecule has 0 radical (unpaired) electrons. The molecular formula is C22H19F3N2O6. The first-order chi connectivity index (χ1) is 15.3. The second kappa shape index (κ2) is 8.57. The Hall–Kier alpha value is -3.89. The maximum absolute atomic E-state index is 13.2. The normalized spacial score (nSPS) is 14.5. The van der Waals surface area contributed by atoms with Crippen LogP contribution >= 0.6 is 0 Å². The van der Waals surface area contributed by atoms with E-state index in [0.717, 1.165) is 18.2 Å². The molecule has 11 heteroatoms. The highest BCUT2D eigenvalue weighted by atomic mass is 19.4. The molecule has 0 aromatic heterocycles. The minimum atomic E-state index is -4.72. The highest BCUT2D eigenvalue weighted by molar-refractivity contribution is 6.20. The molecule has 33 heavy (non-hydrogen) atoms. The number of alkyl carbamates (subject to hydrolysis) is 1. The first-order valence-electron chi connectivity index (χ1n) is 9.64. The summed E-state index contributed by atoms with van der Waals surface area (Å²) in [5.74, 6) is -3.22. The molecule has 0 spiro atoms. The van der Waals surface area contributed by atoms with Crippen molar-refractivity contribution < 1.29 is 41.9 Å². The lowest BCUT2D eigenvalue weighted by molar-refractivity contribution is -0.171. The molecule has 1 unspecified atom stereocenters. The fourth-order valence-corrected chi connectivity index (χ4v) is 2.99. The van der Waals surface area contributed by atoms with Gasteiger partial charge >= 0.3 is 18.2 Å². The Morgan fingerprint density at radius 2 is 1.52 bits per heavy atom. The van der Waals surface area contributed by atoms with Crippen molar-refractivity contribution in [1.29, 1.82) is 0 Å². The van der Waals surface area contributed by atoms with Gasteiger partial charge in [0.05, 0.1) is 16.7 Å². The van der Waals surface area contributed by atoms with Gasteiger partial charge in [0.15, 0.2) is 6.04 Å². The van der Waals surface area contributed by atoms with E-state index in [-0.39, 0.29) is 21.8 Å². The number of carbonyl (C=O) groups is 4. The Balaban J connectivity index is 1.91. The number of fused-ring (bicyclic) bond motifs is 1. The number of rotatable bonds is 4. The van der Waals surface area contributed by atoms with Gasteiger partial charge in [0, 0.05) is 0 Å². The average Bonchev–Trinajstić information content (AvgIpc) is 2.95. The molecule has 1 atom stereocenters.